The molecule has 3 N–H and O–H groups in total. The van der Waals surface area contributed by atoms with Crippen LogP contribution in [-0.4, -0.2) is 29.7 Å². The Hall–Kier alpha value is -3.10. The molecule has 4 rings (SSSR count). The quantitative estimate of drug-likeness (QED) is 0.289. The third-order valence-corrected chi connectivity index (χ3v) is 6.88. The summed E-state index contributed by atoms with van der Waals surface area (Å²) in [7, 11) is 1.64. The third kappa shape index (κ3) is 5.12. The standard InChI is InChI=1S/C24H24ClFN4O2S/c1-13(18-12-27-20-8-7-16(32-3)10-17(18)20)11-28-23(31)30-24-29-14(2)21(33-24)9-15-5-4-6-19(25)22(15)26/h4-8,10,12-13,27H,9,11H2,1-3H3,(H2,28,29,30,31). The summed E-state index contributed by atoms with van der Waals surface area (Å²) >= 11 is 7.20. The zero-order chi connectivity index (χ0) is 23.5. The summed E-state index contributed by atoms with van der Waals surface area (Å²) in [6.45, 7) is 4.33. The van der Waals surface area contributed by atoms with E-state index in [1.165, 1.54) is 17.4 Å². The maximum Gasteiger partial charge on any atom is 0.321 e. The maximum absolute atomic E-state index is 14.2. The average Bonchev–Trinajstić information content (AvgIpc) is 3.37. The van der Waals surface area contributed by atoms with Crippen molar-refractivity contribution in [3.8, 4) is 5.75 Å². The van der Waals surface area contributed by atoms with Crippen LogP contribution in [-0.2, 0) is 6.42 Å². The van der Waals surface area contributed by atoms with E-state index in [0.717, 1.165) is 32.8 Å². The van der Waals surface area contributed by atoms with Crippen LogP contribution in [0.1, 0.15) is 34.5 Å². The van der Waals surface area contributed by atoms with Crippen LogP contribution in [0.2, 0.25) is 5.02 Å². The summed E-state index contributed by atoms with van der Waals surface area (Å²) in [6.07, 6.45) is 2.32. The third-order valence-electron chi connectivity index (χ3n) is 5.52. The molecule has 33 heavy (non-hydrogen) atoms. The molecule has 2 heterocycles. The average molecular weight is 487 g/mol. The van der Waals surface area contributed by atoms with Gasteiger partial charge in [-0.15, -0.1) is 11.3 Å². The van der Waals surface area contributed by atoms with Crippen LogP contribution < -0.4 is 15.4 Å². The highest BCUT2D eigenvalue weighted by Gasteiger charge is 2.16. The van der Waals surface area contributed by atoms with Crippen molar-refractivity contribution >= 4 is 45.0 Å². The molecule has 2 aromatic heterocycles. The second-order valence-electron chi connectivity index (χ2n) is 7.81. The second kappa shape index (κ2) is 9.80. The first-order valence-electron chi connectivity index (χ1n) is 10.4. The number of nitrogens with zero attached hydrogens (tertiary/aromatic N) is 1. The number of aryl methyl sites for hydroxylation is 1. The smallest absolute Gasteiger partial charge is 0.321 e. The molecule has 172 valence electrons. The number of anilines is 1. The molecule has 0 saturated heterocycles. The summed E-state index contributed by atoms with van der Waals surface area (Å²) < 4.78 is 19.6. The number of benzene rings is 2. The SMILES string of the molecule is COc1ccc2[nH]cc(C(C)CNC(=O)Nc3nc(C)c(Cc4cccc(Cl)c4F)s3)c2c1. The van der Waals surface area contributed by atoms with Gasteiger partial charge in [-0.25, -0.2) is 14.2 Å². The number of hydrogen-bond acceptors (Lipinski definition) is 4. The number of thiazole rings is 1. The molecule has 2 aromatic carbocycles. The summed E-state index contributed by atoms with van der Waals surface area (Å²) in [5.41, 5.74) is 3.36. The molecule has 2 amide bonds. The summed E-state index contributed by atoms with van der Waals surface area (Å²) in [6, 6.07) is 10.5. The van der Waals surface area contributed by atoms with Crippen LogP contribution in [0.25, 0.3) is 10.9 Å². The Balaban J connectivity index is 1.37. The van der Waals surface area contributed by atoms with Crippen LogP contribution in [0, 0.1) is 12.7 Å². The molecule has 1 unspecified atom stereocenters. The van der Waals surface area contributed by atoms with E-state index >= 15 is 0 Å². The van der Waals surface area contributed by atoms with Gasteiger partial charge in [-0.2, -0.15) is 0 Å². The zero-order valence-electron chi connectivity index (χ0n) is 18.5. The highest BCUT2D eigenvalue weighted by molar-refractivity contribution is 7.15. The molecule has 0 radical (unpaired) electrons. The lowest BCUT2D eigenvalue weighted by Crippen LogP contribution is -2.31. The maximum atomic E-state index is 14.2. The first-order chi connectivity index (χ1) is 15.9. The Labute approximate surface area is 200 Å². The topological polar surface area (TPSA) is 79.0 Å². The number of aromatic amines is 1. The van der Waals surface area contributed by atoms with Crippen LogP contribution in [0.4, 0.5) is 14.3 Å². The summed E-state index contributed by atoms with van der Waals surface area (Å²) in [5.74, 6) is 0.438. The van der Waals surface area contributed by atoms with Crippen molar-refractivity contribution in [2.24, 2.45) is 0 Å². The highest BCUT2D eigenvalue weighted by atomic mass is 35.5. The van der Waals surface area contributed by atoms with Crippen molar-refractivity contribution in [1.29, 1.82) is 0 Å². The fourth-order valence-corrected chi connectivity index (χ4v) is 4.83. The lowest BCUT2D eigenvalue weighted by Gasteiger charge is -2.12. The number of nitrogens with one attached hydrogen (secondary N) is 3. The number of ether oxygens (including phenoxy) is 1. The van der Waals surface area contributed by atoms with Crippen molar-refractivity contribution in [3.05, 3.63) is 75.1 Å². The number of urea groups is 1. The Morgan fingerprint density at radius 2 is 2.15 bits per heavy atom. The van der Waals surface area contributed by atoms with Gasteiger partial charge in [-0.3, -0.25) is 5.32 Å². The highest BCUT2D eigenvalue weighted by Crippen LogP contribution is 2.29. The lowest BCUT2D eigenvalue weighted by atomic mass is 10.0. The molecule has 0 fully saturated rings. The number of halogens is 2. The molecule has 9 heteroatoms. The molecule has 1 atom stereocenters. The van der Waals surface area contributed by atoms with Gasteiger partial charge in [0.25, 0.3) is 0 Å². The van der Waals surface area contributed by atoms with Gasteiger partial charge in [0, 0.05) is 40.9 Å². The van der Waals surface area contributed by atoms with E-state index in [1.807, 2.05) is 38.2 Å². The fourth-order valence-electron chi connectivity index (χ4n) is 3.66. The van der Waals surface area contributed by atoms with Gasteiger partial charge < -0.3 is 15.0 Å². The van der Waals surface area contributed by atoms with Crippen LogP contribution >= 0.6 is 22.9 Å². The first-order valence-corrected chi connectivity index (χ1v) is 11.6. The van der Waals surface area contributed by atoms with E-state index < -0.39 is 5.82 Å². The van der Waals surface area contributed by atoms with Gasteiger partial charge in [0.2, 0.25) is 0 Å². The number of methoxy groups -OCH3 is 1. The Morgan fingerprint density at radius 3 is 2.94 bits per heavy atom. The molecule has 0 aliphatic rings. The zero-order valence-corrected chi connectivity index (χ0v) is 20.0. The van der Waals surface area contributed by atoms with Gasteiger partial charge in [-0.1, -0.05) is 30.7 Å². The molecular formula is C24H24ClFN4O2S. The molecule has 4 aromatic rings. The van der Waals surface area contributed by atoms with Crippen molar-refractivity contribution in [2.75, 3.05) is 19.0 Å². The number of rotatable bonds is 7. The Bertz CT molecular complexity index is 1300. The van der Waals surface area contributed by atoms with E-state index in [2.05, 4.69) is 20.6 Å². The number of carbonyl (C=O) groups is 1. The van der Waals surface area contributed by atoms with Gasteiger partial charge in [0.15, 0.2) is 5.13 Å². The van der Waals surface area contributed by atoms with E-state index in [1.54, 1.807) is 19.2 Å². The van der Waals surface area contributed by atoms with Crippen LogP contribution in [0.3, 0.4) is 0 Å². The first kappa shape index (κ1) is 23.1. The largest absolute Gasteiger partial charge is 0.497 e. The number of amides is 2. The monoisotopic (exact) mass is 486 g/mol. The molecule has 0 bridgehead atoms. The second-order valence-corrected chi connectivity index (χ2v) is 9.30. The van der Waals surface area contributed by atoms with Gasteiger partial charge in [0.1, 0.15) is 11.6 Å². The molecule has 0 spiro atoms. The van der Waals surface area contributed by atoms with Crippen molar-refractivity contribution in [1.82, 2.24) is 15.3 Å². The molecule has 6 nitrogen and oxygen atoms in total. The van der Waals surface area contributed by atoms with Crippen LogP contribution in [0.15, 0.2) is 42.6 Å². The normalized spacial score (nSPS) is 12.0. The van der Waals surface area contributed by atoms with E-state index in [9.17, 15) is 9.18 Å². The molecule has 0 aliphatic carbocycles. The number of aromatic nitrogens is 2. The summed E-state index contributed by atoms with van der Waals surface area (Å²) in [5, 5.41) is 7.31. The molecular weight excluding hydrogens is 463 g/mol. The number of H-pyrrole nitrogens is 1. The van der Waals surface area contributed by atoms with Gasteiger partial charge in [-0.05, 0) is 42.3 Å². The predicted molar refractivity (Wildman–Crippen MR) is 131 cm³/mol. The van der Waals surface area contributed by atoms with Crippen molar-refractivity contribution < 1.29 is 13.9 Å². The summed E-state index contributed by atoms with van der Waals surface area (Å²) in [4.78, 5) is 21.0. The number of hydrogen-bond donors (Lipinski definition) is 3. The van der Waals surface area contributed by atoms with E-state index in [0.29, 0.717) is 23.7 Å². The lowest BCUT2D eigenvalue weighted by molar-refractivity contribution is 0.251. The minimum absolute atomic E-state index is 0.0796. The minimum Gasteiger partial charge on any atom is -0.497 e. The predicted octanol–water partition coefficient (Wildman–Crippen LogP) is 6.25. The van der Waals surface area contributed by atoms with E-state index in [4.69, 9.17) is 16.3 Å². The van der Waals surface area contributed by atoms with E-state index in [-0.39, 0.29) is 17.0 Å². The number of fused-ring (bicyclic) bond motifs is 1. The Kier molecular flexibility index (Phi) is 6.85. The minimum atomic E-state index is -0.428. The fraction of sp³-hybridized carbons (Fsp3) is 0.250. The molecule has 0 saturated carbocycles. The Morgan fingerprint density at radius 1 is 1.33 bits per heavy atom. The van der Waals surface area contributed by atoms with Gasteiger partial charge in [0.05, 0.1) is 17.8 Å². The number of carbonyl (C=O) groups excluding carboxylic acids is 1. The van der Waals surface area contributed by atoms with Crippen molar-refractivity contribution in [2.45, 2.75) is 26.2 Å². The van der Waals surface area contributed by atoms with Crippen molar-refractivity contribution in [3.63, 3.8) is 0 Å². The van der Waals surface area contributed by atoms with Crippen LogP contribution in [0.5, 0.6) is 5.75 Å². The van der Waals surface area contributed by atoms with Gasteiger partial charge >= 0.3 is 6.03 Å². The molecule has 0 aliphatic heterocycles.